The molecule has 1 aromatic carbocycles. The van der Waals surface area contributed by atoms with E-state index in [1.54, 1.807) is 13.0 Å². The van der Waals surface area contributed by atoms with Crippen molar-refractivity contribution in [3.8, 4) is 0 Å². The summed E-state index contributed by atoms with van der Waals surface area (Å²) in [6.45, 7) is 2.08. The number of ketones is 1. The topological polar surface area (TPSA) is 43.4 Å². The minimum absolute atomic E-state index is 0.0189. The molecule has 18 heavy (non-hydrogen) atoms. The summed E-state index contributed by atoms with van der Waals surface area (Å²) < 4.78 is 4.99. The number of hydrogen-bond acceptors (Lipinski definition) is 3. The maximum absolute atomic E-state index is 11.8. The van der Waals surface area contributed by atoms with Crippen LogP contribution in [0.3, 0.4) is 0 Å². The minimum Gasteiger partial charge on any atom is -0.462 e. The highest BCUT2D eigenvalue weighted by Gasteiger charge is 2.13. The molecule has 0 bridgehead atoms. The van der Waals surface area contributed by atoms with Gasteiger partial charge in [-0.15, -0.1) is 11.6 Å². The van der Waals surface area contributed by atoms with E-state index in [0.717, 1.165) is 11.1 Å². The highest BCUT2D eigenvalue weighted by molar-refractivity contribution is 9.08. The lowest BCUT2D eigenvalue weighted by Gasteiger charge is -2.09. The Morgan fingerprint density at radius 2 is 2.11 bits per heavy atom. The third-order valence-corrected chi connectivity index (χ3v) is 3.27. The van der Waals surface area contributed by atoms with Crippen LogP contribution >= 0.6 is 27.5 Å². The molecule has 0 aliphatic rings. The third kappa shape index (κ3) is 4.10. The van der Waals surface area contributed by atoms with Gasteiger partial charge in [-0.25, -0.2) is 4.79 Å². The Kier molecular flexibility index (Phi) is 6.36. The minimum atomic E-state index is -0.368. The lowest BCUT2D eigenvalue weighted by molar-refractivity contribution is -0.116. The predicted octanol–water partition coefficient (Wildman–Crippen LogP) is 3.11. The zero-order valence-electron chi connectivity index (χ0n) is 10.0. The molecule has 98 valence electrons. The van der Waals surface area contributed by atoms with Gasteiger partial charge in [-0.1, -0.05) is 28.1 Å². The Morgan fingerprint density at radius 1 is 1.39 bits per heavy atom. The number of carbonyl (C=O) groups is 2. The molecule has 0 unspecified atom stereocenters. The Balaban J connectivity index is 3.01. The van der Waals surface area contributed by atoms with Crippen LogP contribution in [0.5, 0.6) is 0 Å². The van der Waals surface area contributed by atoms with E-state index in [1.807, 2.05) is 12.1 Å². The zero-order valence-corrected chi connectivity index (χ0v) is 12.4. The molecule has 3 nitrogen and oxygen atoms in total. The molecule has 0 amide bonds. The number of rotatable bonds is 6. The van der Waals surface area contributed by atoms with Gasteiger partial charge >= 0.3 is 5.97 Å². The zero-order chi connectivity index (χ0) is 13.5. The fourth-order valence-electron chi connectivity index (χ4n) is 1.52. The van der Waals surface area contributed by atoms with Gasteiger partial charge < -0.3 is 4.74 Å². The van der Waals surface area contributed by atoms with Gasteiger partial charge in [0.15, 0.2) is 5.78 Å². The van der Waals surface area contributed by atoms with Crippen LogP contribution in [0.4, 0.5) is 0 Å². The summed E-state index contributed by atoms with van der Waals surface area (Å²) in [7, 11) is 0. The number of Topliss-reactive ketones (excluding diaryl/α,β-unsaturated/α-hetero) is 1. The quantitative estimate of drug-likeness (QED) is 0.593. The highest BCUT2D eigenvalue weighted by Crippen LogP contribution is 2.17. The molecule has 0 aliphatic heterocycles. The van der Waals surface area contributed by atoms with Crippen LogP contribution in [0.25, 0.3) is 0 Å². The van der Waals surface area contributed by atoms with E-state index in [1.165, 1.54) is 0 Å². The molecule has 1 rings (SSSR count). The molecule has 0 saturated carbocycles. The molecule has 0 saturated heterocycles. The average molecular weight is 334 g/mol. The van der Waals surface area contributed by atoms with Crippen molar-refractivity contribution < 1.29 is 14.3 Å². The smallest absolute Gasteiger partial charge is 0.338 e. The van der Waals surface area contributed by atoms with Crippen molar-refractivity contribution in [1.82, 2.24) is 0 Å². The van der Waals surface area contributed by atoms with Crippen molar-refractivity contribution in [3.63, 3.8) is 0 Å². The van der Waals surface area contributed by atoms with Crippen LogP contribution in [0, 0.1) is 0 Å². The summed E-state index contributed by atoms with van der Waals surface area (Å²) in [5.41, 5.74) is 2.11. The molecule has 0 N–H and O–H groups in total. The van der Waals surface area contributed by atoms with E-state index >= 15 is 0 Å². The van der Waals surface area contributed by atoms with Gasteiger partial charge in [0.05, 0.1) is 18.1 Å². The average Bonchev–Trinajstić information content (AvgIpc) is 2.38. The number of benzene rings is 1. The maximum atomic E-state index is 11.8. The van der Waals surface area contributed by atoms with Gasteiger partial charge in [0, 0.05) is 11.8 Å². The summed E-state index contributed by atoms with van der Waals surface area (Å²) in [6.07, 6.45) is 0.235. The van der Waals surface area contributed by atoms with Gasteiger partial charge in [0.2, 0.25) is 0 Å². The summed E-state index contributed by atoms with van der Waals surface area (Å²) in [4.78, 5) is 23.1. The van der Waals surface area contributed by atoms with Gasteiger partial charge in [-0.05, 0) is 24.1 Å². The van der Waals surface area contributed by atoms with Gasteiger partial charge in [-0.2, -0.15) is 0 Å². The normalized spacial score (nSPS) is 10.2. The second-order valence-corrected chi connectivity index (χ2v) is 4.52. The first-order chi connectivity index (χ1) is 8.62. The molecular weight excluding hydrogens is 319 g/mol. The monoisotopic (exact) mass is 332 g/mol. The Hall–Kier alpha value is -0.870. The van der Waals surface area contributed by atoms with Crippen LogP contribution in [0.1, 0.15) is 28.4 Å². The van der Waals surface area contributed by atoms with Crippen molar-refractivity contribution in [3.05, 3.63) is 34.9 Å². The van der Waals surface area contributed by atoms with Crippen LogP contribution in [0.15, 0.2) is 18.2 Å². The molecule has 0 atom stereocenters. The fourth-order valence-corrected chi connectivity index (χ4v) is 2.11. The van der Waals surface area contributed by atoms with Crippen LogP contribution in [-0.4, -0.2) is 24.2 Å². The molecule has 0 radical (unpaired) electrons. The van der Waals surface area contributed by atoms with E-state index in [9.17, 15) is 9.59 Å². The molecule has 0 aliphatic carbocycles. The van der Waals surface area contributed by atoms with E-state index in [2.05, 4.69) is 15.9 Å². The summed E-state index contributed by atoms with van der Waals surface area (Å²) >= 11 is 8.78. The SMILES string of the molecule is CCOC(=O)c1cc(CC(=O)CCl)ccc1CBr. The first kappa shape index (κ1) is 15.2. The maximum Gasteiger partial charge on any atom is 0.338 e. The molecule has 1 aromatic rings. The number of alkyl halides is 2. The van der Waals surface area contributed by atoms with Gasteiger partial charge in [0.25, 0.3) is 0 Å². The summed E-state index contributed by atoms with van der Waals surface area (Å²) in [6, 6.07) is 5.33. The molecular formula is C13H14BrClO3. The number of hydrogen-bond donors (Lipinski definition) is 0. The number of halogens is 2. The number of carbonyl (C=O) groups excluding carboxylic acids is 2. The van der Waals surface area contributed by atoms with E-state index in [4.69, 9.17) is 16.3 Å². The van der Waals surface area contributed by atoms with E-state index in [-0.39, 0.29) is 24.1 Å². The predicted molar refractivity (Wildman–Crippen MR) is 74.5 cm³/mol. The van der Waals surface area contributed by atoms with Crippen molar-refractivity contribution in [2.75, 3.05) is 12.5 Å². The largest absolute Gasteiger partial charge is 0.462 e. The van der Waals surface area contributed by atoms with Crippen molar-refractivity contribution in [2.24, 2.45) is 0 Å². The van der Waals surface area contributed by atoms with Gasteiger partial charge in [0.1, 0.15) is 0 Å². The lowest BCUT2D eigenvalue weighted by Crippen LogP contribution is -2.10. The fraction of sp³-hybridized carbons (Fsp3) is 0.385. The second-order valence-electron chi connectivity index (χ2n) is 3.69. The third-order valence-electron chi connectivity index (χ3n) is 2.36. The van der Waals surface area contributed by atoms with E-state index in [0.29, 0.717) is 17.5 Å². The molecule has 0 heterocycles. The molecule has 5 heteroatoms. The van der Waals surface area contributed by atoms with Crippen molar-refractivity contribution in [2.45, 2.75) is 18.7 Å². The van der Waals surface area contributed by atoms with Crippen LogP contribution in [-0.2, 0) is 21.3 Å². The Labute approximate surface area is 120 Å². The summed E-state index contributed by atoms with van der Waals surface area (Å²) in [5.74, 6) is -0.459. The number of ether oxygens (including phenoxy) is 1. The Bertz CT molecular complexity index is 446. The summed E-state index contributed by atoms with van der Waals surface area (Å²) in [5, 5.41) is 0.560. The van der Waals surface area contributed by atoms with E-state index < -0.39 is 0 Å². The first-order valence-corrected chi connectivity index (χ1v) is 7.20. The first-order valence-electron chi connectivity index (χ1n) is 5.54. The molecule has 0 aromatic heterocycles. The van der Waals surface area contributed by atoms with Gasteiger partial charge in [-0.3, -0.25) is 4.79 Å². The van der Waals surface area contributed by atoms with Crippen LogP contribution in [0.2, 0.25) is 0 Å². The molecule has 0 spiro atoms. The van der Waals surface area contributed by atoms with Crippen LogP contribution < -0.4 is 0 Å². The van der Waals surface area contributed by atoms with Crippen molar-refractivity contribution >= 4 is 39.3 Å². The highest BCUT2D eigenvalue weighted by atomic mass is 79.9. The number of esters is 1. The Morgan fingerprint density at radius 3 is 2.67 bits per heavy atom. The lowest BCUT2D eigenvalue weighted by atomic mass is 10.0. The van der Waals surface area contributed by atoms with Crippen molar-refractivity contribution in [1.29, 1.82) is 0 Å². The molecule has 0 fully saturated rings. The second kappa shape index (κ2) is 7.54. The standard InChI is InChI=1S/C13H14BrClO3/c1-2-18-13(17)12-6-9(5-11(16)8-15)3-4-10(12)7-14/h3-4,6H,2,5,7-8H2,1H3.